The molecule has 0 aromatic rings. The zero-order chi connectivity index (χ0) is 8.55. The Bertz CT molecular complexity index is 237. The first-order valence-electron chi connectivity index (χ1n) is 3.95. The summed E-state index contributed by atoms with van der Waals surface area (Å²) in [6.45, 7) is 0. The Balaban J connectivity index is 1.97. The number of ether oxygens (including phenoxy) is 1. The molecular weight excluding hydrogens is 288 g/mol. The Hall–Kier alpha value is 0.230. The number of hydrogen-bond donors (Lipinski definition) is 0. The molecule has 2 rings (SSSR count). The van der Waals surface area contributed by atoms with Crippen molar-refractivity contribution in [2.75, 3.05) is 0 Å². The molecule has 2 atom stereocenters. The molecule has 1 fully saturated rings. The standard InChI is InChI=1S/C8H9ClINO/c9-7-3-6(4-11-8(7)10)12-5-1-2-5/h3-5,7-8H,1-2H2. The first-order chi connectivity index (χ1) is 5.75. The lowest BCUT2D eigenvalue weighted by molar-refractivity contribution is 0.215. The minimum absolute atomic E-state index is 0.0237. The third-order valence-electron chi connectivity index (χ3n) is 1.76. The molecule has 2 aliphatic rings. The lowest BCUT2D eigenvalue weighted by Crippen LogP contribution is -2.16. The van der Waals surface area contributed by atoms with Crippen LogP contribution < -0.4 is 0 Å². The summed E-state index contributed by atoms with van der Waals surface area (Å²) in [5.74, 6) is 0.838. The SMILES string of the molecule is ClC1C=C(OC2CC2)C=NC1I. The van der Waals surface area contributed by atoms with Gasteiger partial charge < -0.3 is 4.74 Å². The number of aliphatic imine (C=N–C) groups is 1. The van der Waals surface area contributed by atoms with Gasteiger partial charge in [0.2, 0.25) is 0 Å². The Morgan fingerprint density at radius 3 is 2.92 bits per heavy atom. The zero-order valence-corrected chi connectivity index (χ0v) is 9.33. The molecule has 1 aliphatic heterocycles. The molecular formula is C8H9ClINO. The molecule has 4 heteroatoms. The predicted octanol–water partition coefficient (Wildman–Crippen LogP) is 2.50. The summed E-state index contributed by atoms with van der Waals surface area (Å²) in [6.07, 6.45) is 6.48. The van der Waals surface area contributed by atoms with Gasteiger partial charge in [0.15, 0.2) is 0 Å². The minimum atomic E-state index is -0.0237. The summed E-state index contributed by atoms with van der Waals surface area (Å²) >= 11 is 8.20. The second kappa shape index (κ2) is 3.54. The van der Waals surface area contributed by atoms with Crippen LogP contribution in [0.3, 0.4) is 0 Å². The second-order valence-electron chi connectivity index (χ2n) is 2.98. The van der Waals surface area contributed by atoms with E-state index in [0.717, 1.165) is 5.76 Å². The highest BCUT2D eigenvalue weighted by Crippen LogP contribution is 2.28. The van der Waals surface area contributed by atoms with E-state index in [2.05, 4.69) is 27.6 Å². The normalized spacial score (nSPS) is 34.7. The molecule has 0 amide bonds. The van der Waals surface area contributed by atoms with E-state index in [4.69, 9.17) is 16.3 Å². The molecule has 1 aliphatic carbocycles. The van der Waals surface area contributed by atoms with Crippen LogP contribution in [0.1, 0.15) is 12.8 Å². The van der Waals surface area contributed by atoms with E-state index in [9.17, 15) is 0 Å². The van der Waals surface area contributed by atoms with Crippen molar-refractivity contribution in [1.82, 2.24) is 0 Å². The van der Waals surface area contributed by atoms with Gasteiger partial charge in [0.25, 0.3) is 0 Å². The van der Waals surface area contributed by atoms with Gasteiger partial charge in [-0.05, 0) is 18.9 Å². The highest BCUT2D eigenvalue weighted by molar-refractivity contribution is 14.1. The second-order valence-corrected chi connectivity index (χ2v) is 4.76. The smallest absolute Gasteiger partial charge is 0.135 e. The van der Waals surface area contributed by atoms with Crippen LogP contribution >= 0.6 is 34.2 Å². The quantitative estimate of drug-likeness (QED) is 0.436. The van der Waals surface area contributed by atoms with Crippen molar-refractivity contribution in [2.45, 2.75) is 28.4 Å². The van der Waals surface area contributed by atoms with E-state index < -0.39 is 0 Å². The largest absolute Gasteiger partial charge is 0.489 e. The van der Waals surface area contributed by atoms with Crippen molar-refractivity contribution >= 4 is 40.4 Å². The van der Waals surface area contributed by atoms with E-state index in [1.54, 1.807) is 6.21 Å². The number of alkyl halides is 2. The summed E-state index contributed by atoms with van der Waals surface area (Å²) in [6, 6.07) is 0. The van der Waals surface area contributed by atoms with Gasteiger partial charge in [-0.25, -0.2) is 0 Å². The topological polar surface area (TPSA) is 21.6 Å². The summed E-state index contributed by atoms with van der Waals surface area (Å²) in [4.78, 5) is 4.21. The molecule has 12 heavy (non-hydrogen) atoms. The Labute approximate surface area is 90.2 Å². The highest BCUT2D eigenvalue weighted by Gasteiger charge is 2.26. The monoisotopic (exact) mass is 297 g/mol. The summed E-state index contributed by atoms with van der Waals surface area (Å²) < 4.78 is 5.69. The average molecular weight is 298 g/mol. The molecule has 0 spiro atoms. The Morgan fingerprint density at radius 2 is 2.33 bits per heavy atom. The molecule has 2 nitrogen and oxygen atoms in total. The van der Waals surface area contributed by atoms with Gasteiger partial charge in [-0.2, -0.15) is 0 Å². The fourth-order valence-electron chi connectivity index (χ4n) is 0.954. The van der Waals surface area contributed by atoms with Crippen molar-refractivity contribution in [1.29, 1.82) is 0 Å². The number of rotatable bonds is 2. The molecule has 0 aromatic carbocycles. The zero-order valence-electron chi connectivity index (χ0n) is 6.41. The fraction of sp³-hybridized carbons (Fsp3) is 0.625. The molecule has 0 aromatic heterocycles. The predicted molar refractivity (Wildman–Crippen MR) is 58.1 cm³/mol. The maximum atomic E-state index is 5.99. The van der Waals surface area contributed by atoms with Crippen LogP contribution in [0.15, 0.2) is 16.8 Å². The van der Waals surface area contributed by atoms with Crippen molar-refractivity contribution in [3.63, 3.8) is 0 Å². The first-order valence-corrected chi connectivity index (χ1v) is 5.64. The average Bonchev–Trinajstić information content (AvgIpc) is 2.81. The third kappa shape index (κ3) is 2.13. The Kier molecular flexibility index (Phi) is 2.60. The molecule has 1 saturated carbocycles. The third-order valence-corrected chi connectivity index (χ3v) is 3.64. The van der Waals surface area contributed by atoms with Crippen LogP contribution in [0.5, 0.6) is 0 Å². The van der Waals surface area contributed by atoms with Crippen LogP contribution in [-0.2, 0) is 4.74 Å². The lowest BCUT2D eigenvalue weighted by Gasteiger charge is -2.15. The van der Waals surface area contributed by atoms with Crippen LogP contribution in [0, 0.1) is 0 Å². The molecule has 1 heterocycles. The van der Waals surface area contributed by atoms with Crippen molar-refractivity contribution in [2.24, 2.45) is 4.99 Å². The molecule has 0 saturated heterocycles. The van der Waals surface area contributed by atoms with Gasteiger partial charge in [-0.1, -0.05) is 22.6 Å². The number of halogens is 2. The number of hydrogen-bond acceptors (Lipinski definition) is 2. The summed E-state index contributed by atoms with van der Waals surface area (Å²) in [5, 5.41) is -0.0237. The van der Waals surface area contributed by atoms with Crippen LogP contribution in [-0.4, -0.2) is 21.7 Å². The molecule has 0 bridgehead atoms. The van der Waals surface area contributed by atoms with Crippen molar-refractivity contribution in [3.8, 4) is 0 Å². The van der Waals surface area contributed by atoms with Gasteiger partial charge in [-0.3, -0.25) is 4.99 Å². The van der Waals surface area contributed by atoms with Crippen LogP contribution in [0.25, 0.3) is 0 Å². The van der Waals surface area contributed by atoms with Crippen molar-refractivity contribution < 1.29 is 4.74 Å². The molecule has 0 N–H and O–H groups in total. The van der Waals surface area contributed by atoms with Gasteiger partial charge in [-0.15, -0.1) is 11.6 Å². The minimum Gasteiger partial charge on any atom is -0.489 e. The summed E-state index contributed by atoms with van der Waals surface area (Å²) in [7, 11) is 0. The van der Waals surface area contributed by atoms with Gasteiger partial charge >= 0.3 is 0 Å². The van der Waals surface area contributed by atoms with Gasteiger partial charge in [0.1, 0.15) is 9.81 Å². The maximum Gasteiger partial charge on any atom is 0.135 e. The molecule has 2 unspecified atom stereocenters. The maximum absolute atomic E-state index is 5.99. The fourth-order valence-corrected chi connectivity index (χ4v) is 1.51. The number of allylic oxidation sites excluding steroid dienone is 1. The van der Waals surface area contributed by atoms with E-state index >= 15 is 0 Å². The molecule has 0 radical (unpaired) electrons. The van der Waals surface area contributed by atoms with Gasteiger partial charge in [0.05, 0.1) is 17.7 Å². The van der Waals surface area contributed by atoms with E-state index in [0.29, 0.717) is 6.10 Å². The van der Waals surface area contributed by atoms with Crippen LogP contribution in [0.4, 0.5) is 0 Å². The van der Waals surface area contributed by atoms with Gasteiger partial charge in [0, 0.05) is 0 Å². The lowest BCUT2D eigenvalue weighted by atomic mass is 10.3. The van der Waals surface area contributed by atoms with Crippen LogP contribution in [0.2, 0.25) is 0 Å². The molecule has 66 valence electrons. The number of dihydropyridines is 1. The Morgan fingerprint density at radius 1 is 1.58 bits per heavy atom. The highest BCUT2D eigenvalue weighted by atomic mass is 127. The van der Waals surface area contributed by atoms with E-state index in [1.165, 1.54) is 12.8 Å². The van der Waals surface area contributed by atoms with E-state index in [1.807, 2.05) is 6.08 Å². The van der Waals surface area contributed by atoms with E-state index in [-0.39, 0.29) is 9.43 Å². The summed E-state index contributed by atoms with van der Waals surface area (Å²) in [5.41, 5.74) is 0. The van der Waals surface area contributed by atoms with Crippen molar-refractivity contribution in [3.05, 3.63) is 11.8 Å². The number of nitrogens with zero attached hydrogens (tertiary/aromatic N) is 1. The first kappa shape index (κ1) is 8.81.